The van der Waals surface area contributed by atoms with Crippen molar-refractivity contribution in [3.05, 3.63) is 33.5 Å². The van der Waals surface area contributed by atoms with E-state index in [1.54, 1.807) is 0 Å². The Morgan fingerprint density at radius 3 is 2.58 bits per heavy atom. The molecule has 0 radical (unpaired) electrons. The van der Waals surface area contributed by atoms with E-state index in [-0.39, 0.29) is 0 Å². The van der Waals surface area contributed by atoms with Crippen molar-refractivity contribution in [1.82, 2.24) is 9.55 Å². The molecule has 2 aromatic rings. The lowest BCUT2D eigenvalue weighted by Gasteiger charge is -2.12. The predicted molar refractivity (Wildman–Crippen MR) is 84.5 cm³/mol. The van der Waals surface area contributed by atoms with Gasteiger partial charge in [0.1, 0.15) is 17.3 Å². The molecule has 1 heterocycles. The van der Waals surface area contributed by atoms with E-state index in [9.17, 15) is 0 Å². The van der Waals surface area contributed by atoms with Crippen LogP contribution >= 0.6 is 27.5 Å². The number of benzene rings is 1. The van der Waals surface area contributed by atoms with E-state index < -0.39 is 0 Å². The van der Waals surface area contributed by atoms with Crippen LogP contribution in [0.15, 0.2) is 22.7 Å². The molecule has 3 nitrogen and oxygen atoms in total. The molecule has 0 saturated heterocycles. The molecule has 1 aromatic carbocycles. The van der Waals surface area contributed by atoms with Gasteiger partial charge in [0.2, 0.25) is 0 Å². The van der Waals surface area contributed by atoms with Crippen LogP contribution in [-0.4, -0.2) is 9.55 Å². The summed E-state index contributed by atoms with van der Waals surface area (Å²) in [6.45, 7) is 6.30. The molecule has 0 fully saturated rings. The minimum atomic E-state index is 0.294. The van der Waals surface area contributed by atoms with Gasteiger partial charge in [-0.3, -0.25) is 0 Å². The van der Waals surface area contributed by atoms with Crippen molar-refractivity contribution in [3.8, 4) is 11.3 Å². The van der Waals surface area contributed by atoms with Crippen LogP contribution in [0.5, 0.6) is 0 Å². The first kappa shape index (κ1) is 14.4. The summed E-state index contributed by atoms with van der Waals surface area (Å²) in [5.41, 5.74) is 8.05. The van der Waals surface area contributed by atoms with Crippen molar-refractivity contribution >= 4 is 33.3 Å². The molecule has 0 aliphatic rings. The lowest BCUT2D eigenvalue weighted by molar-refractivity contribution is 0.579. The van der Waals surface area contributed by atoms with E-state index >= 15 is 0 Å². The van der Waals surface area contributed by atoms with Gasteiger partial charge in [0.25, 0.3) is 0 Å². The van der Waals surface area contributed by atoms with Crippen LogP contribution in [0.2, 0.25) is 5.02 Å². The number of nitrogens with two attached hydrogens (primary N) is 1. The van der Waals surface area contributed by atoms with Crippen molar-refractivity contribution in [2.24, 2.45) is 0 Å². The molecule has 102 valence electrons. The fourth-order valence-corrected chi connectivity index (χ4v) is 3.07. The molecule has 0 unspecified atom stereocenters. The average molecular weight is 343 g/mol. The standard InChI is InChI=1S/C14H17BrClN3/c1-4-12-18-13(14(17)19(12)8(2)3)10-6-5-9(16)7-11(10)15/h5-8H,4,17H2,1-3H3. The largest absolute Gasteiger partial charge is 0.383 e. The first-order chi connectivity index (χ1) is 8.95. The number of aryl methyl sites for hydroxylation is 1. The highest BCUT2D eigenvalue weighted by Crippen LogP contribution is 2.35. The first-order valence-corrected chi connectivity index (χ1v) is 7.44. The second kappa shape index (κ2) is 5.55. The number of anilines is 1. The monoisotopic (exact) mass is 341 g/mol. The number of halogens is 2. The van der Waals surface area contributed by atoms with Crippen molar-refractivity contribution in [1.29, 1.82) is 0 Å². The number of rotatable bonds is 3. The topological polar surface area (TPSA) is 43.8 Å². The number of aromatic nitrogens is 2. The van der Waals surface area contributed by atoms with E-state index in [1.807, 2.05) is 18.2 Å². The molecule has 0 spiro atoms. The smallest absolute Gasteiger partial charge is 0.132 e. The molecule has 0 bridgehead atoms. The van der Waals surface area contributed by atoms with E-state index in [0.717, 1.165) is 28.0 Å². The summed E-state index contributed by atoms with van der Waals surface area (Å²) in [5, 5.41) is 0.688. The fraction of sp³-hybridized carbons (Fsp3) is 0.357. The summed E-state index contributed by atoms with van der Waals surface area (Å²) in [6, 6.07) is 5.94. The SMILES string of the molecule is CCc1nc(-c2ccc(Cl)cc2Br)c(N)n1C(C)C. The van der Waals surface area contributed by atoms with Crippen molar-refractivity contribution < 1.29 is 0 Å². The Balaban J connectivity index is 2.63. The highest BCUT2D eigenvalue weighted by atomic mass is 79.9. The number of imidazole rings is 1. The van der Waals surface area contributed by atoms with Crippen molar-refractivity contribution in [2.45, 2.75) is 33.2 Å². The maximum absolute atomic E-state index is 6.27. The highest BCUT2D eigenvalue weighted by Gasteiger charge is 2.18. The molecule has 0 aliphatic heterocycles. The number of hydrogen-bond donors (Lipinski definition) is 1. The zero-order valence-electron chi connectivity index (χ0n) is 11.2. The first-order valence-electron chi connectivity index (χ1n) is 6.27. The maximum Gasteiger partial charge on any atom is 0.132 e. The zero-order chi connectivity index (χ0) is 14.2. The maximum atomic E-state index is 6.27. The van der Waals surface area contributed by atoms with E-state index in [1.165, 1.54) is 0 Å². The Kier molecular flexibility index (Phi) is 4.21. The molecular formula is C14H17BrClN3. The third kappa shape index (κ3) is 2.65. The molecular weight excluding hydrogens is 326 g/mol. The van der Waals surface area contributed by atoms with Crippen LogP contribution in [0.3, 0.4) is 0 Å². The Labute approximate surface area is 126 Å². The zero-order valence-corrected chi connectivity index (χ0v) is 13.6. The second-order valence-corrected chi connectivity index (χ2v) is 5.99. The third-order valence-electron chi connectivity index (χ3n) is 3.04. The number of hydrogen-bond acceptors (Lipinski definition) is 2. The van der Waals surface area contributed by atoms with Gasteiger partial charge in [-0.15, -0.1) is 0 Å². The van der Waals surface area contributed by atoms with Crippen LogP contribution in [0.4, 0.5) is 5.82 Å². The predicted octanol–water partition coefficient (Wildman–Crippen LogP) is 4.69. The van der Waals surface area contributed by atoms with Crippen molar-refractivity contribution in [3.63, 3.8) is 0 Å². The van der Waals surface area contributed by atoms with E-state index in [4.69, 9.17) is 17.3 Å². The lowest BCUT2D eigenvalue weighted by atomic mass is 10.1. The molecule has 0 amide bonds. The molecule has 0 atom stereocenters. The van der Waals surface area contributed by atoms with Gasteiger partial charge in [0, 0.05) is 27.5 Å². The van der Waals surface area contributed by atoms with Gasteiger partial charge >= 0.3 is 0 Å². The summed E-state index contributed by atoms with van der Waals surface area (Å²) in [7, 11) is 0. The average Bonchev–Trinajstić information content (AvgIpc) is 2.66. The number of nitrogens with zero attached hydrogens (tertiary/aromatic N) is 2. The molecule has 2 N–H and O–H groups in total. The molecule has 0 saturated carbocycles. The van der Waals surface area contributed by atoms with Gasteiger partial charge in [-0.05, 0) is 26.0 Å². The summed E-state index contributed by atoms with van der Waals surface area (Å²) in [5.74, 6) is 1.71. The number of nitrogen functional groups attached to an aromatic ring is 1. The van der Waals surface area contributed by atoms with E-state index in [0.29, 0.717) is 16.9 Å². The van der Waals surface area contributed by atoms with Gasteiger partial charge in [0.15, 0.2) is 0 Å². The summed E-state index contributed by atoms with van der Waals surface area (Å²) < 4.78 is 2.99. The van der Waals surface area contributed by atoms with Crippen LogP contribution in [0.25, 0.3) is 11.3 Å². The fourth-order valence-electron chi connectivity index (χ4n) is 2.20. The Morgan fingerprint density at radius 1 is 1.42 bits per heavy atom. The van der Waals surface area contributed by atoms with Crippen molar-refractivity contribution in [2.75, 3.05) is 5.73 Å². The van der Waals surface area contributed by atoms with Gasteiger partial charge in [-0.1, -0.05) is 40.5 Å². The molecule has 1 aromatic heterocycles. The van der Waals surface area contributed by atoms with Gasteiger partial charge < -0.3 is 10.3 Å². The molecule has 5 heteroatoms. The summed E-state index contributed by atoms with van der Waals surface area (Å²) in [4.78, 5) is 4.68. The Bertz CT molecular complexity index is 605. The van der Waals surface area contributed by atoms with Crippen LogP contribution in [0, 0.1) is 0 Å². The minimum absolute atomic E-state index is 0.294. The van der Waals surface area contributed by atoms with Gasteiger partial charge in [-0.2, -0.15) is 0 Å². The third-order valence-corrected chi connectivity index (χ3v) is 3.93. The minimum Gasteiger partial charge on any atom is -0.383 e. The quantitative estimate of drug-likeness (QED) is 0.879. The second-order valence-electron chi connectivity index (χ2n) is 4.70. The molecule has 0 aliphatic carbocycles. The lowest BCUT2D eigenvalue weighted by Crippen LogP contribution is -2.08. The summed E-state index contributed by atoms with van der Waals surface area (Å²) >= 11 is 9.49. The normalized spacial score (nSPS) is 11.3. The van der Waals surface area contributed by atoms with Crippen LogP contribution < -0.4 is 5.73 Å². The van der Waals surface area contributed by atoms with Gasteiger partial charge in [0.05, 0.1) is 0 Å². The van der Waals surface area contributed by atoms with Gasteiger partial charge in [-0.25, -0.2) is 4.98 Å². The molecule has 19 heavy (non-hydrogen) atoms. The van der Waals surface area contributed by atoms with Crippen LogP contribution in [-0.2, 0) is 6.42 Å². The van der Waals surface area contributed by atoms with E-state index in [2.05, 4.69) is 46.3 Å². The Hall–Kier alpha value is -1.00. The van der Waals surface area contributed by atoms with Crippen LogP contribution in [0.1, 0.15) is 32.6 Å². The molecule has 2 rings (SSSR count). The summed E-state index contributed by atoms with van der Waals surface area (Å²) in [6.07, 6.45) is 0.855. The highest BCUT2D eigenvalue weighted by molar-refractivity contribution is 9.10. The Morgan fingerprint density at radius 2 is 2.11 bits per heavy atom.